The molecule has 164 valence electrons. The van der Waals surface area contributed by atoms with Gasteiger partial charge < -0.3 is 14.8 Å². The van der Waals surface area contributed by atoms with E-state index < -0.39 is 11.3 Å². The number of amides is 3. The van der Waals surface area contributed by atoms with Gasteiger partial charge in [-0.3, -0.25) is 19.8 Å². The summed E-state index contributed by atoms with van der Waals surface area (Å²) in [5.74, 6) is 0.0269. The Bertz CT molecular complexity index is 997. The summed E-state index contributed by atoms with van der Waals surface area (Å²) in [4.78, 5) is 37.2. The lowest BCUT2D eigenvalue weighted by molar-refractivity contribution is -0.132. The summed E-state index contributed by atoms with van der Waals surface area (Å²) in [7, 11) is 1.57. The molecular formula is C22H25N3O5S. The number of methoxy groups -OCH3 is 1. The minimum Gasteiger partial charge on any atom is -0.496 e. The lowest BCUT2D eigenvalue weighted by Crippen LogP contribution is -2.45. The first-order valence-electron chi connectivity index (χ1n) is 9.82. The highest BCUT2D eigenvalue weighted by Crippen LogP contribution is 2.44. The third-order valence-corrected chi connectivity index (χ3v) is 5.96. The minimum atomic E-state index is -0.485. The van der Waals surface area contributed by atoms with E-state index in [0.29, 0.717) is 23.8 Å². The average Bonchev–Trinajstić information content (AvgIpc) is 3.02. The number of carbonyl (C=O) groups excluding carboxylic acids is 3. The van der Waals surface area contributed by atoms with E-state index in [2.05, 4.69) is 10.7 Å². The summed E-state index contributed by atoms with van der Waals surface area (Å²) >= 11 is 1.43. The molecule has 2 N–H and O–H groups in total. The maximum atomic E-state index is 13.1. The fraction of sp³-hybridized carbons (Fsp3) is 0.318. The van der Waals surface area contributed by atoms with Gasteiger partial charge in [0, 0.05) is 24.2 Å². The van der Waals surface area contributed by atoms with Crippen LogP contribution < -0.4 is 20.2 Å². The molecule has 31 heavy (non-hydrogen) atoms. The lowest BCUT2D eigenvalue weighted by Gasteiger charge is -2.26. The van der Waals surface area contributed by atoms with Crippen LogP contribution >= 0.6 is 11.8 Å². The number of anilines is 1. The van der Waals surface area contributed by atoms with Crippen molar-refractivity contribution in [2.75, 3.05) is 19.0 Å². The highest BCUT2D eigenvalue weighted by molar-refractivity contribution is 8.01. The molecule has 3 rings (SSSR count). The van der Waals surface area contributed by atoms with Crippen LogP contribution in [0.25, 0.3) is 0 Å². The van der Waals surface area contributed by atoms with Gasteiger partial charge in [0.1, 0.15) is 16.9 Å². The van der Waals surface area contributed by atoms with Crippen LogP contribution in [0.5, 0.6) is 11.5 Å². The number of carbonyl (C=O) groups is 3. The number of ether oxygens (including phenoxy) is 2. The Morgan fingerprint density at radius 3 is 2.58 bits per heavy atom. The first kappa shape index (κ1) is 22.5. The maximum Gasteiger partial charge on any atom is 0.273 e. The number of benzene rings is 2. The Morgan fingerprint density at radius 2 is 1.90 bits per heavy atom. The van der Waals surface area contributed by atoms with Gasteiger partial charge >= 0.3 is 0 Å². The van der Waals surface area contributed by atoms with Crippen molar-refractivity contribution in [1.29, 1.82) is 0 Å². The van der Waals surface area contributed by atoms with Crippen molar-refractivity contribution in [2.45, 2.75) is 31.4 Å². The third-order valence-electron chi connectivity index (χ3n) is 4.63. The number of thioether (sulfide) groups is 1. The van der Waals surface area contributed by atoms with Crippen molar-refractivity contribution in [3.63, 3.8) is 0 Å². The summed E-state index contributed by atoms with van der Waals surface area (Å²) in [5, 5.41) is 3.24. The zero-order chi connectivity index (χ0) is 22.5. The maximum absolute atomic E-state index is 13.1. The number of hydrogen-bond donors (Lipinski definition) is 2. The van der Waals surface area contributed by atoms with E-state index in [1.54, 1.807) is 39.2 Å². The van der Waals surface area contributed by atoms with Crippen LogP contribution in [0.2, 0.25) is 0 Å². The van der Waals surface area contributed by atoms with Crippen LogP contribution in [0.4, 0.5) is 5.69 Å². The number of hydrazine groups is 1. The molecule has 0 saturated carbocycles. The zero-order valence-corrected chi connectivity index (χ0v) is 18.6. The van der Waals surface area contributed by atoms with Crippen molar-refractivity contribution < 1.29 is 23.9 Å². The molecule has 3 amide bonds. The van der Waals surface area contributed by atoms with Gasteiger partial charge in [0.2, 0.25) is 5.91 Å². The van der Waals surface area contributed by atoms with Crippen molar-refractivity contribution >= 4 is 35.2 Å². The second kappa shape index (κ2) is 9.74. The third kappa shape index (κ3) is 4.93. The molecular weight excluding hydrogens is 418 g/mol. The molecule has 1 aliphatic rings. The van der Waals surface area contributed by atoms with E-state index in [0.717, 1.165) is 5.56 Å². The number of para-hydroxylation sites is 1. The van der Waals surface area contributed by atoms with E-state index in [4.69, 9.17) is 9.47 Å². The minimum absolute atomic E-state index is 0.206. The van der Waals surface area contributed by atoms with Crippen LogP contribution in [-0.4, -0.2) is 41.7 Å². The van der Waals surface area contributed by atoms with Crippen LogP contribution in [0.15, 0.2) is 42.5 Å². The van der Waals surface area contributed by atoms with E-state index in [-0.39, 0.29) is 22.6 Å². The summed E-state index contributed by atoms with van der Waals surface area (Å²) in [6.45, 7) is 5.34. The Labute approximate surface area is 185 Å². The van der Waals surface area contributed by atoms with Crippen molar-refractivity contribution in [1.82, 2.24) is 10.4 Å². The van der Waals surface area contributed by atoms with Crippen LogP contribution in [0, 0.1) is 0 Å². The molecule has 1 fully saturated rings. The molecule has 2 aromatic carbocycles. The van der Waals surface area contributed by atoms with Gasteiger partial charge in [-0.1, -0.05) is 18.2 Å². The van der Waals surface area contributed by atoms with Gasteiger partial charge in [0.05, 0.1) is 24.5 Å². The van der Waals surface area contributed by atoms with Crippen LogP contribution in [-0.2, 0) is 9.59 Å². The first-order valence-corrected chi connectivity index (χ1v) is 10.8. The predicted octanol–water partition coefficient (Wildman–Crippen LogP) is 3.36. The van der Waals surface area contributed by atoms with Gasteiger partial charge in [-0.2, -0.15) is 0 Å². The van der Waals surface area contributed by atoms with E-state index in [9.17, 15) is 14.4 Å². The topological polar surface area (TPSA) is 97.0 Å². The van der Waals surface area contributed by atoms with Gasteiger partial charge in [-0.25, -0.2) is 5.01 Å². The Kier molecular flexibility index (Phi) is 7.06. The molecule has 0 aliphatic carbocycles. The molecule has 0 bridgehead atoms. The van der Waals surface area contributed by atoms with Gasteiger partial charge in [0.25, 0.3) is 11.8 Å². The monoisotopic (exact) mass is 443 g/mol. The average molecular weight is 444 g/mol. The summed E-state index contributed by atoms with van der Waals surface area (Å²) in [6.07, 6.45) is 0. The molecule has 0 aromatic heterocycles. The molecule has 0 spiro atoms. The first-order chi connectivity index (χ1) is 14.8. The largest absolute Gasteiger partial charge is 0.496 e. The summed E-state index contributed by atoms with van der Waals surface area (Å²) in [6, 6.07) is 12.1. The summed E-state index contributed by atoms with van der Waals surface area (Å²) in [5.41, 5.74) is 4.30. The SMILES string of the molecule is CCOc1cc(NC(C)=O)ccc1C(=O)NN1C(=O)[C@@H](C)S[C@@H]1c1ccccc1OC. The van der Waals surface area contributed by atoms with Crippen molar-refractivity contribution in [2.24, 2.45) is 0 Å². The van der Waals surface area contributed by atoms with E-state index in [1.807, 2.05) is 24.3 Å². The Hall–Kier alpha value is -3.20. The fourth-order valence-corrected chi connectivity index (χ4v) is 4.49. The molecule has 1 heterocycles. The molecule has 0 radical (unpaired) electrons. The van der Waals surface area contributed by atoms with Crippen LogP contribution in [0.3, 0.4) is 0 Å². The molecule has 8 nitrogen and oxygen atoms in total. The zero-order valence-electron chi connectivity index (χ0n) is 17.8. The van der Waals surface area contributed by atoms with Gasteiger partial charge in [-0.15, -0.1) is 11.8 Å². The molecule has 2 atom stereocenters. The second-order valence-corrected chi connectivity index (χ2v) is 8.27. The fourth-order valence-electron chi connectivity index (χ4n) is 3.26. The number of hydrogen-bond acceptors (Lipinski definition) is 6. The molecule has 1 aliphatic heterocycles. The molecule has 0 unspecified atom stereocenters. The van der Waals surface area contributed by atoms with Crippen molar-refractivity contribution in [3.05, 3.63) is 53.6 Å². The van der Waals surface area contributed by atoms with E-state index in [1.165, 1.54) is 23.7 Å². The predicted molar refractivity (Wildman–Crippen MR) is 119 cm³/mol. The molecule has 2 aromatic rings. The molecule has 1 saturated heterocycles. The smallest absolute Gasteiger partial charge is 0.273 e. The van der Waals surface area contributed by atoms with Gasteiger partial charge in [0.15, 0.2) is 0 Å². The van der Waals surface area contributed by atoms with Gasteiger partial charge in [-0.05, 0) is 32.0 Å². The standard InChI is InChI=1S/C22H25N3O5S/c1-5-30-19-12-15(23-14(3)26)10-11-16(19)20(27)24-25-21(28)13(2)31-22(25)17-8-6-7-9-18(17)29-4/h6-13,22H,5H2,1-4H3,(H,23,26)(H,24,27)/t13-,22-/m1/s1. The normalized spacial score (nSPS) is 17.9. The highest BCUT2D eigenvalue weighted by Gasteiger charge is 2.41. The second-order valence-electron chi connectivity index (χ2n) is 6.85. The quantitative estimate of drug-likeness (QED) is 0.681. The van der Waals surface area contributed by atoms with E-state index >= 15 is 0 Å². The number of rotatable bonds is 7. The molecule has 9 heteroatoms. The van der Waals surface area contributed by atoms with Crippen molar-refractivity contribution in [3.8, 4) is 11.5 Å². The highest BCUT2D eigenvalue weighted by atomic mass is 32.2. The Balaban J connectivity index is 1.90. The lowest BCUT2D eigenvalue weighted by atomic mass is 10.1. The number of nitrogens with zero attached hydrogens (tertiary/aromatic N) is 1. The Morgan fingerprint density at radius 1 is 1.16 bits per heavy atom. The summed E-state index contributed by atoms with van der Waals surface area (Å²) < 4.78 is 11.0. The van der Waals surface area contributed by atoms with Crippen LogP contribution in [0.1, 0.15) is 42.1 Å². The number of nitrogens with one attached hydrogen (secondary N) is 2.